The first kappa shape index (κ1) is 10.3. The van der Waals surface area contributed by atoms with Crippen molar-refractivity contribution >= 4 is 13.3 Å². The predicted octanol–water partition coefficient (Wildman–Crippen LogP) is 2.27. The van der Waals surface area contributed by atoms with Gasteiger partial charge in [-0.05, 0) is 23.1 Å². The molecule has 13 heavy (non-hydrogen) atoms. The monoisotopic (exact) mass is 198 g/mol. The predicted molar refractivity (Wildman–Crippen MR) is 52.3 cm³/mol. The topological polar surface area (TPSA) is 39.2 Å². The Bertz CT molecular complexity index is 264. The molecule has 0 amide bonds. The van der Waals surface area contributed by atoms with Crippen molar-refractivity contribution in [2.24, 2.45) is 0 Å². The second-order valence-corrected chi connectivity index (χ2v) is 3.94. The van der Waals surface area contributed by atoms with E-state index in [0.29, 0.717) is 11.9 Å². The molecule has 0 bridgehead atoms. The van der Waals surface area contributed by atoms with Crippen molar-refractivity contribution < 1.29 is 9.09 Å². The zero-order valence-electron chi connectivity index (χ0n) is 7.64. The van der Waals surface area contributed by atoms with Gasteiger partial charge in [-0.15, -0.1) is 4.52 Å². The molecule has 0 aliphatic carbocycles. The van der Waals surface area contributed by atoms with Gasteiger partial charge < -0.3 is 0 Å². The maximum atomic E-state index is 11.4. The van der Waals surface area contributed by atoms with Crippen LogP contribution in [0.4, 0.5) is 0 Å². The molecule has 1 unspecified atom stereocenters. The molecule has 4 heteroatoms. The summed E-state index contributed by atoms with van der Waals surface area (Å²) in [7, 11) is -1.70. The van der Waals surface area contributed by atoms with E-state index in [9.17, 15) is 4.57 Å². The van der Waals surface area contributed by atoms with E-state index in [1.807, 2.05) is 0 Å². The van der Waals surface area contributed by atoms with Gasteiger partial charge in [-0.3, -0.25) is 4.98 Å². The molecule has 0 spiro atoms. The van der Waals surface area contributed by atoms with Crippen LogP contribution in [0.2, 0.25) is 0 Å². The average molecular weight is 198 g/mol. The second kappa shape index (κ2) is 5.79. The van der Waals surface area contributed by atoms with E-state index in [1.165, 1.54) is 0 Å². The Morgan fingerprint density at radius 1 is 1.62 bits per heavy atom. The Balaban J connectivity index is 2.40. The molecule has 0 aromatic carbocycles. The Kier molecular flexibility index (Phi) is 4.58. The van der Waals surface area contributed by atoms with Gasteiger partial charge in [0.2, 0.25) is 5.30 Å². The smallest absolute Gasteiger partial charge is 0.260 e. The highest BCUT2D eigenvalue weighted by Gasteiger charge is 2.21. The van der Waals surface area contributed by atoms with Crippen LogP contribution < -0.4 is 5.30 Å². The van der Waals surface area contributed by atoms with Crippen LogP contribution in [0.5, 0.6) is 0 Å². The summed E-state index contributed by atoms with van der Waals surface area (Å²) in [6.07, 6.45) is 5.22. The maximum Gasteiger partial charge on any atom is 0.550 e. The molecule has 70 valence electrons. The van der Waals surface area contributed by atoms with Crippen molar-refractivity contribution in [3.05, 3.63) is 24.5 Å². The molecule has 0 aliphatic rings. The lowest BCUT2D eigenvalue weighted by Gasteiger charge is -1.88. The van der Waals surface area contributed by atoms with Crippen molar-refractivity contribution in [3.63, 3.8) is 0 Å². The summed E-state index contributed by atoms with van der Waals surface area (Å²) >= 11 is 0. The van der Waals surface area contributed by atoms with Crippen molar-refractivity contribution in [1.82, 2.24) is 4.98 Å². The molecular weight excluding hydrogens is 185 g/mol. The van der Waals surface area contributed by atoms with Crippen LogP contribution in [-0.2, 0) is 9.09 Å². The van der Waals surface area contributed by atoms with Crippen molar-refractivity contribution in [3.8, 4) is 0 Å². The minimum Gasteiger partial charge on any atom is -0.260 e. The Labute approximate surface area is 79.0 Å². The minimum absolute atomic E-state index is 0.556. The number of aromatic nitrogens is 1. The van der Waals surface area contributed by atoms with E-state index >= 15 is 0 Å². The molecule has 1 aromatic heterocycles. The zero-order chi connectivity index (χ0) is 9.52. The number of unbranched alkanes of at least 4 members (excludes halogenated alkanes) is 1. The largest absolute Gasteiger partial charge is 0.550 e. The molecule has 0 radical (unpaired) electrons. The number of rotatable bonds is 5. The average Bonchev–Trinajstić information content (AvgIpc) is 2.19. The SMILES string of the molecule is CCCCO[P+](=O)c1cccnc1. The third-order valence-corrected chi connectivity index (χ3v) is 2.67. The number of hydrogen-bond acceptors (Lipinski definition) is 3. The summed E-state index contributed by atoms with van der Waals surface area (Å²) in [4.78, 5) is 3.87. The van der Waals surface area contributed by atoms with Crippen molar-refractivity contribution in [2.75, 3.05) is 6.61 Å². The highest BCUT2D eigenvalue weighted by Crippen LogP contribution is 2.20. The molecule has 0 saturated carbocycles. The molecule has 0 fully saturated rings. The standard InChI is InChI=1S/C9H13NO2P/c1-2-3-7-12-13(11)9-5-4-6-10-8-9/h4-6,8H,2-3,7H2,1H3/q+1. The molecule has 1 aromatic rings. The third kappa shape index (κ3) is 3.62. The fourth-order valence-corrected chi connectivity index (χ4v) is 1.64. The summed E-state index contributed by atoms with van der Waals surface area (Å²) in [5, 5.41) is 0.661. The second-order valence-electron chi connectivity index (χ2n) is 2.66. The van der Waals surface area contributed by atoms with E-state index in [2.05, 4.69) is 11.9 Å². The lowest BCUT2D eigenvalue weighted by atomic mass is 10.4. The van der Waals surface area contributed by atoms with E-state index in [-0.39, 0.29) is 0 Å². The van der Waals surface area contributed by atoms with Crippen LogP contribution in [0.25, 0.3) is 0 Å². The summed E-state index contributed by atoms with van der Waals surface area (Å²) in [6.45, 7) is 2.63. The van der Waals surface area contributed by atoms with Gasteiger partial charge in [0.1, 0.15) is 6.61 Å². The summed E-state index contributed by atoms with van der Waals surface area (Å²) in [5.41, 5.74) is 0. The number of nitrogens with zero attached hydrogens (tertiary/aromatic N) is 1. The Morgan fingerprint density at radius 3 is 3.08 bits per heavy atom. The lowest BCUT2D eigenvalue weighted by Crippen LogP contribution is -1.99. The van der Waals surface area contributed by atoms with Gasteiger partial charge in [0.05, 0.1) is 6.20 Å². The van der Waals surface area contributed by atoms with Gasteiger partial charge >= 0.3 is 8.03 Å². The van der Waals surface area contributed by atoms with Crippen molar-refractivity contribution in [1.29, 1.82) is 0 Å². The molecule has 1 atom stereocenters. The van der Waals surface area contributed by atoms with Crippen LogP contribution in [0.15, 0.2) is 24.5 Å². The van der Waals surface area contributed by atoms with Gasteiger partial charge in [-0.25, -0.2) is 0 Å². The van der Waals surface area contributed by atoms with E-state index < -0.39 is 8.03 Å². The Morgan fingerprint density at radius 2 is 2.46 bits per heavy atom. The lowest BCUT2D eigenvalue weighted by molar-refractivity contribution is 0.326. The molecule has 3 nitrogen and oxygen atoms in total. The molecular formula is C9H13NO2P+. The fourth-order valence-electron chi connectivity index (χ4n) is 0.828. The first-order valence-corrected chi connectivity index (χ1v) is 5.52. The summed E-state index contributed by atoms with van der Waals surface area (Å²) in [6, 6.07) is 3.52. The van der Waals surface area contributed by atoms with Gasteiger partial charge in [0.15, 0.2) is 0 Å². The van der Waals surface area contributed by atoms with Gasteiger partial charge in [-0.2, -0.15) is 0 Å². The fraction of sp³-hybridized carbons (Fsp3) is 0.444. The molecule has 0 N–H and O–H groups in total. The van der Waals surface area contributed by atoms with Crippen molar-refractivity contribution in [2.45, 2.75) is 19.8 Å². The quantitative estimate of drug-likeness (QED) is 0.538. The third-order valence-electron chi connectivity index (χ3n) is 1.56. The highest BCUT2D eigenvalue weighted by atomic mass is 31.1. The van der Waals surface area contributed by atoms with Gasteiger partial charge in [0.25, 0.3) is 0 Å². The molecule has 1 rings (SSSR count). The number of hydrogen-bond donors (Lipinski definition) is 0. The first-order chi connectivity index (χ1) is 6.34. The zero-order valence-corrected chi connectivity index (χ0v) is 8.54. The minimum atomic E-state index is -1.70. The van der Waals surface area contributed by atoms with Crippen LogP contribution in [0.1, 0.15) is 19.8 Å². The van der Waals surface area contributed by atoms with Crippen LogP contribution >= 0.6 is 8.03 Å². The highest BCUT2D eigenvalue weighted by molar-refractivity contribution is 7.48. The maximum absolute atomic E-state index is 11.4. The van der Waals surface area contributed by atoms with E-state index in [0.717, 1.165) is 12.8 Å². The van der Waals surface area contributed by atoms with Crippen LogP contribution in [0.3, 0.4) is 0 Å². The first-order valence-electron chi connectivity index (χ1n) is 4.34. The summed E-state index contributed by atoms with van der Waals surface area (Å²) in [5.74, 6) is 0. The van der Waals surface area contributed by atoms with Gasteiger partial charge in [-0.1, -0.05) is 13.3 Å². The summed E-state index contributed by atoms with van der Waals surface area (Å²) < 4.78 is 16.5. The molecule has 0 saturated heterocycles. The Hall–Kier alpha value is -0.790. The van der Waals surface area contributed by atoms with Crippen LogP contribution in [0, 0.1) is 0 Å². The molecule has 1 heterocycles. The van der Waals surface area contributed by atoms with E-state index in [4.69, 9.17) is 4.52 Å². The normalized spacial score (nSPS) is 11.3. The van der Waals surface area contributed by atoms with Crippen LogP contribution in [-0.4, -0.2) is 11.6 Å². The number of pyridine rings is 1. The molecule has 0 aliphatic heterocycles. The van der Waals surface area contributed by atoms with E-state index in [1.54, 1.807) is 24.5 Å². The van der Waals surface area contributed by atoms with Gasteiger partial charge in [0, 0.05) is 6.20 Å².